The number of anilines is 1. The maximum Gasteiger partial charge on any atom is 0.265 e. The van der Waals surface area contributed by atoms with Crippen LogP contribution in [-0.4, -0.2) is 18.6 Å². The maximum absolute atomic E-state index is 12.5. The molecule has 4 nitrogen and oxygen atoms in total. The largest absolute Gasteiger partial charge is 0.494 e. The second-order valence-corrected chi connectivity index (χ2v) is 8.58. The highest BCUT2D eigenvalue weighted by molar-refractivity contribution is 5.94. The summed E-state index contributed by atoms with van der Waals surface area (Å²) in [4.78, 5) is 12.5. The third kappa shape index (κ3) is 6.91. The van der Waals surface area contributed by atoms with Crippen molar-refractivity contribution in [3.8, 4) is 11.5 Å². The van der Waals surface area contributed by atoms with Crippen molar-refractivity contribution in [1.82, 2.24) is 0 Å². The van der Waals surface area contributed by atoms with Crippen molar-refractivity contribution in [3.05, 3.63) is 54.1 Å². The first kappa shape index (κ1) is 21.8. The van der Waals surface area contributed by atoms with Gasteiger partial charge in [-0.25, -0.2) is 0 Å². The monoisotopic (exact) mass is 383 g/mol. The predicted octanol–water partition coefficient (Wildman–Crippen LogP) is 5.82. The topological polar surface area (TPSA) is 47.6 Å². The van der Waals surface area contributed by atoms with Gasteiger partial charge in [-0.2, -0.15) is 0 Å². The molecule has 28 heavy (non-hydrogen) atoms. The standard InChI is InChI=1S/C24H33NO3/c1-17(2)14-15-27-22-9-7-8-20(16-22)25-23(26)18(3)28-21-12-10-19(11-13-21)24(4,5)6/h7-13,16-18H,14-15H2,1-6H3,(H,25,26). The van der Waals surface area contributed by atoms with Crippen LogP contribution >= 0.6 is 0 Å². The van der Waals surface area contributed by atoms with E-state index in [1.54, 1.807) is 6.92 Å². The zero-order chi connectivity index (χ0) is 20.7. The van der Waals surface area contributed by atoms with E-state index in [0.717, 1.165) is 12.2 Å². The van der Waals surface area contributed by atoms with Crippen molar-refractivity contribution in [2.45, 2.75) is 59.5 Å². The van der Waals surface area contributed by atoms with Crippen molar-refractivity contribution in [1.29, 1.82) is 0 Å². The fraction of sp³-hybridized carbons (Fsp3) is 0.458. The molecule has 0 saturated heterocycles. The number of benzene rings is 2. The van der Waals surface area contributed by atoms with E-state index < -0.39 is 6.10 Å². The fourth-order valence-corrected chi connectivity index (χ4v) is 2.61. The van der Waals surface area contributed by atoms with Gasteiger partial charge in [0.25, 0.3) is 5.91 Å². The molecule has 0 radical (unpaired) electrons. The van der Waals surface area contributed by atoms with Crippen LogP contribution in [0.5, 0.6) is 11.5 Å². The molecule has 0 spiro atoms. The molecule has 0 aliphatic rings. The Morgan fingerprint density at radius 3 is 2.29 bits per heavy atom. The minimum atomic E-state index is -0.606. The molecule has 0 bridgehead atoms. The molecule has 152 valence electrons. The van der Waals surface area contributed by atoms with Gasteiger partial charge in [0.15, 0.2) is 6.10 Å². The Bertz CT molecular complexity index is 760. The summed E-state index contributed by atoms with van der Waals surface area (Å²) < 4.78 is 11.5. The molecule has 2 rings (SSSR count). The summed E-state index contributed by atoms with van der Waals surface area (Å²) in [7, 11) is 0. The Labute approximate surface area is 169 Å². The van der Waals surface area contributed by atoms with Crippen molar-refractivity contribution in [2.75, 3.05) is 11.9 Å². The van der Waals surface area contributed by atoms with Crippen molar-refractivity contribution in [3.63, 3.8) is 0 Å². The molecule has 4 heteroatoms. The Balaban J connectivity index is 1.91. The van der Waals surface area contributed by atoms with Crippen molar-refractivity contribution in [2.24, 2.45) is 5.92 Å². The van der Waals surface area contributed by atoms with E-state index in [9.17, 15) is 4.79 Å². The molecule has 1 unspecified atom stereocenters. The first-order valence-corrected chi connectivity index (χ1v) is 9.96. The second-order valence-electron chi connectivity index (χ2n) is 8.58. The van der Waals surface area contributed by atoms with Gasteiger partial charge in [-0.15, -0.1) is 0 Å². The van der Waals surface area contributed by atoms with E-state index in [1.807, 2.05) is 48.5 Å². The van der Waals surface area contributed by atoms with Gasteiger partial charge in [0.05, 0.1) is 6.61 Å². The highest BCUT2D eigenvalue weighted by Crippen LogP contribution is 2.25. The number of carbonyl (C=O) groups excluding carboxylic acids is 1. The lowest BCUT2D eigenvalue weighted by molar-refractivity contribution is -0.122. The van der Waals surface area contributed by atoms with E-state index in [0.29, 0.717) is 24.0 Å². The van der Waals surface area contributed by atoms with Crippen LogP contribution in [0.3, 0.4) is 0 Å². The summed E-state index contributed by atoms with van der Waals surface area (Å²) in [6, 6.07) is 15.3. The molecule has 1 atom stereocenters. The smallest absolute Gasteiger partial charge is 0.265 e. The molecule has 0 aliphatic carbocycles. The third-order valence-corrected chi connectivity index (χ3v) is 4.47. The highest BCUT2D eigenvalue weighted by atomic mass is 16.5. The SMILES string of the molecule is CC(C)CCOc1cccc(NC(=O)C(C)Oc2ccc(C(C)(C)C)cc2)c1. The van der Waals surface area contributed by atoms with Crippen LogP contribution in [0.2, 0.25) is 0 Å². The third-order valence-electron chi connectivity index (χ3n) is 4.47. The van der Waals surface area contributed by atoms with Crippen LogP contribution in [0.1, 0.15) is 53.5 Å². The summed E-state index contributed by atoms with van der Waals surface area (Å²) in [5, 5.41) is 2.89. The van der Waals surface area contributed by atoms with Gasteiger partial charge in [-0.05, 0) is 54.5 Å². The summed E-state index contributed by atoms with van der Waals surface area (Å²) in [6.45, 7) is 13.2. The molecule has 1 N–H and O–H groups in total. The summed E-state index contributed by atoms with van der Waals surface area (Å²) in [5.74, 6) is 1.84. The molecule has 0 heterocycles. The first-order valence-electron chi connectivity index (χ1n) is 9.96. The van der Waals surface area contributed by atoms with Gasteiger partial charge in [0.1, 0.15) is 11.5 Å². The molecular weight excluding hydrogens is 350 g/mol. The summed E-state index contributed by atoms with van der Waals surface area (Å²) >= 11 is 0. The molecule has 0 aromatic heterocycles. The normalized spacial score (nSPS) is 12.5. The lowest BCUT2D eigenvalue weighted by atomic mass is 9.87. The lowest BCUT2D eigenvalue weighted by Gasteiger charge is -2.20. The molecule has 0 saturated carbocycles. The van der Waals surface area contributed by atoms with Crippen LogP contribution < -0.4 is 14.8 Å². The maximum atomic E-state index is 12.5. The Morgan fingerprint density at radius 1 is 1.00 bits per heavy atom. The van der Waals surface area contributed by atoms with Crippen LogP contribution in [0, 0.1) is 5.92 Å². The molecule has 2 aromatic rings. The minimum Gasteiger partial charge on any atom is -0.494 e. The van der Waals surface area contributed by atoms with E-state index in [-0.39, 0.29) is 11.3 Å². The molecule has 0 fully saturated rings. The number of nitrogens with one attached hydrogen (secondary N) is 1. The summed E-state index contributed by atoms with van der Waals surface area (Å²) in [6.07, 6.45) is 0.390. The van der Waals surface area contributed by atoms with Gasteiger partial charge >= 0.3 is 0 Å². The predicted molar refractivity (Wildman–Crippen MR) is 115 cm³/mol. The number of hydrogen-bond donors (Lipinski definition) is 1. The zero-order valence-electron chi connectivity index (χ0n) is 17.9. The van der Waals surface area contributed by atoms with Gasteiger partial charge in [0.2, 0.25) is 0 Å². The fourth-order valence-electron chi connectivity index (χ4n) is 2.61. The van der Waals surface area contributed by atoms with Gasteiger partial charge in [-0.3, -0.25) is 4.79 Å². The average Bonchev–Trinajstić information content (AvgIpc) is 2.61. The number of carbonyl (C=O) groups is 1. The Morgan fingerprint density at radius 2 is 1.68 bits per heavy atom. The molecular formula is C24H33NO3. The average molecular weight is 384 g/mol. The minimum absolute atomic E-state index is 0.0871. The van der Waals surface area contributed by atoms with Crippen LogP contribution in [0.4, 0.5) is 5.69 Å². The van der Waals surface area contributed by atoms with Crippen LogP contribution in [0.15, 0.2) is 48.5 Å². The quantitative estimate of drug-likeness (QED) is 0.625. The van der Waals surface area contributed by atoms with Crippen LogP contribution in [-0.2, 0) is 10.2 Å². The van der Waals surface area contributed by atoms with E-state index in [1.165, 1.54) is 5.56 Å². The summed E-state index contributed by atoms with van der Waals surface area (Å²) in [5.41, 5.74) is 2.01. The number of ether oxygens (including phenoxy) is 2. The van der Waals surface area contributed by atoms with Gasteiger partial charge < -0.3 is 14.8 Å². The van der Waals surface area contributed by atoms with Crippen molar-refractivity contribution >= 4 is 11.6 Å². The van der Waals surface area contributed by atoms with Gasteiger partial charge in [0, 0.05) is 11.8 Å². The number of amides is 1. The second kappa shape index (κ2) is 9.63. The number of hydrogen-bond acceptors (Lipinski definition) is 3. The first-order chi connectivity index (χ1) is 13.1. The number of rotatable bonds is 8. The Hall–Kier alpha value is -2.49. The zero-order valence-corrected chi connectivity index (χ0v) is 17.9. The molecule has 2 aromatic carbocycles. The Kier molecular flexibility index (Phi) is 7.50. The highest BCUT2D eigenvalue weighted by Gasteiger charge is 2.17. The van der Waals surface area contributed by atoms with Crippen molar-refractivity contribution < 1.29 is 14.3 Å². The van der Waals surface area contributed by atoms with Gasteiger partial charge in [-0.1, -0.05) is 52.8 Å². The van der Waals surface area contributed by atoms with E-state index in [2.05, 4.69) is 39.9 Å². The molecule has 0 aliphatic heterocycles. The lowest BCUT2D eigenvalue weighted by Crippen LogP contribution is -2.30. The van der Waals surface area contributed by atoms with E-state index >= 15 is 0 Å². The van der Waals surface area contributed by atoms with E-state index in [4.69, 9.17) is 9.47 Å². The van der Waals surface area contributed by atoms with Crippen LogP contribution in [0.25, 0.3) is 0 Å². The molecule has 1 amide bonds.